The van der Waals surface area contributed by atoms with Gasteiger partial charge in [-0.15, -0.1) is 0 Å². The molecule has 0 aromatic heterocycles. The number of hydrogen-bond acceptors (Lipinski definition) is 3. The maximum atomic E-state index is 11.9. The minimum absolute atomic E-state index is 0.129. The van der Waals surface area contributed by atoms with Crippen molar-refractivity contribution < 1.29 is 18.3 Å². The molecule has 2 heterocycles. The quantitative estimate of drug-likeness (QED) is 0.720. The van der Waals surface area contributed by atoms with Gasteiger partial charge < -0.3 is 5.11 Å². The molecule has 2 bridgehead atoms. The normalized spacial score (nSPS) is 34.4. The fourth-order valence-electron chi connectivity index (χ4n) is 2.84. The molecule has 2 aliphatic rings. The van der Waals surface area contributed by atoms with E-state index in [1.807, 2.05) is 0 Å². The fourth-order valence-corrected chi connectivity index (χ4v) is 4.54. The second-order valence-corrected chi connectivity index (χ2v) is 5.97. The average Bonchev–Trinajstić information content (AvgIpc) is 2.74. The zero-order valence-electron chi connectivity index (χ0n) is 9.09. The van der Waals surface area contributed by atoms with Gasteiger partial charge in [0, 0.05) is 18.6 Å². The van der Waals surface area contributed by atoms with E-state index < -0.39 is 22.1 Å². The molecule has 0 aromatic carbocycles. The number of carboxylic acid groups (broad SMARTS) is 1. The van der Waals surface area contributed by atoms with Crippen molar-refractivity contribution in [3.63, 3.8) is 0 Å². The Morgan fingerprint density at radius 2 is 2.19 bits per heavy atom. The molecule has 0 amide bonds. The lowest BCUT2D eigenvalue weighted by molar-refractivity contribution is -0.142. The maximum absolute atomic E-state index is 11.9. The highest BCUT2D eigenvalue weighted by molar-refractivity contribution is 7.87. The highest BCUT2D eigenvalue weighted by Crippen LogP contribution is 2.43. The molecule has 3 atom stereocenters. The molecule has 2 saturated heterocycles. The Hall–Kier alpha value is -0.660. The Morgan fingerprint density at radius 1 is 1.50 bits per heavy atom. The van der Waals surface area contributed by atoms with Crippen molar-refractivity contribution in [1.82, 2.24) is 9.03 Å². The molecular formula is C9H16N2O4S. The zero-order valence-corrected chi connectivity index (χ0v) is 9.90. The van der Waals surface area contributed by atoms with Crippen LogP contribution in [0.25, 0.3) is 0 Å². The average molecular weight is 248 g/mol. The first-order valence-corrected chi connectivity index (χ1v) is 6.92. The van der Waals surface area contributed by atoms with Crippen LogP contribution in [0.4, 0.5) is 0 Å². The van der Waals surface area contributed by atoms with Crippen LogP contribution in [-0.2, 0) is 15.0 Å². The van der Waals surface area contributed by atoms with Crippen LogP contribution in [0.3, 0.4) is 0 Å². The van der Waals surface area contributed by atoms with Crippen LogP contribution in [0.1, 0.15) is 26.2 Å². The third-order valence-electron chi connectivity index (χ3n) is 3.39. The molecule has 2 rings (SSSR count). The van der Waals surface area contributed by atoms with E-state index in [1.165, 1.54) is 4.31 Å². The van der Waals surface area contributed by atoms with E-state index in [1.54, 1.807) is 6.92 Å². The molecule has 0 saturated carbocycles. The lowest BCUT2D eigenvalue weighted by atomic mass is 9.89. The second-order valence-electron chi connectivity index (χ2n) is 4.31. The van der Waals surface area contributed by atoms with E-state index >= 15 is 0 Å². The van der Waals surface area contributed by atoms with Gasteiger partial charge in [0.1, 0.15) is 0 Å². The van der Waals surface area contributed by atoms with Gasteiger partial charge in [0.2, 0.25) is 0 Å². The first-order valence-electron chi connectivity index (χ1n) is 5.48. The number of hydrogen-bond donors (Lipinski definition) is 2. The standard InChI is InChI=1S/C9H16N2O4S/c1-2-10-16(14,15)11-6-3-4-8(11)7(5-6)9(12)13/h6-8,10H,2-5H2,1H3,(H,12,13). The van der Waals surface area contributed by atoms with Crippen molar-refractivity contribution in [3.8, 4) is 0 Å². The molecule has 2 N–H and O–H groups in total. The molecule has 0 aromatic rings. The van der Waals surface area contributed by atoms with Gasteiger partial charge in [0.25, 0.3) is 10.2 Å². The molecule has 0 spiro atoms. The van der Waals surface area contributed by atoms with Gasteiger partial charge in [-0.1, -0.05) is 6.92 Å². The predicted octanol–water partition coefficient (Wildman–Crippen LogP) is -0.222. The summed E-state index contributed by atoms with van der Waals surface area (Å²) in [5.41, 5.74) is 0. The van der Waals surface area contributed by atoms with Crippen molar-refractivity contribution in [1.29, 1.82) is 0 Å². The molecule has 92 valence electrons. The number of nitrogens with zero attached hydrogens (tertiary/aromatic N) is 1. The van der Waals surface area contributed by atoms with Crippen LogP contribution in [-0.4, -0.2) is 42.4 Å². The highest BCUT2D eigenvalue weighted by atomic mass is 32.2. The molecule has 3 unspecified atom stereocenters. The van der Waals surface area contributed by atoms with Crippen LogP contribution in [0.5, 0.6) is 0 Å². The van der Waals surface area contributed by atoms with Gasteiger partial charge in [0.05, 0.1) is 5.92 Å². The first kappa shape index (κ1) is 11.8. The molecule has 2 aliphatic heterocycles. The lowest BCUT2D eigenvalue weighted by Crippen LogP contribution is -2.44. The third kappa shape index (κ3) is 1.72. The van der Waals surface area contributed by atoms with Crippen LogP contribution in [0, 0.1) is 5.92 Å². The Bertz CT molecular complexity index is 394. The molecule has 6 nitrogen and oxygen atoms in total. The smallest absolute Gasteiger partial charge is 0.308 e. The summed E-state index contributed by atoms with van der Waals surface area (Å²) in [6, 6.07) is -0.485. The lowest BCUT2D eigenvalue weighted by Gasteiger charge is -2.22. The highest BCUT2D eigenvalue weighted by Gasteiger charge is 2.53. The van der Waals surface area contributed by atoms with Crippen molar-refractivity contribution >= 4 is 16.2 Å². The fraction of sp³-hybridized carbons (Fsp3) is 0.889. The van der Waals surface area contributed by atoms with Gasteiger partial charge in [0.15, 0.2) is 0 Å². The van der Waals surface area contributed by atoms with Gasteiger partial charge in [-0.25, -0.2) is 4.72 Å². The number of aliphatic carboxylic acids is 1. The van der Waals surface area contributed by atoms with Crippen LogP contribution in [0.15, 0.2) is 0 Å². The second kappa shape index (κ2) is 3.97. The molecule has 2 fully saturated rings. The van der Waals surface area contributed by atoms with Gasteiger partial charge in [-0.05, 0) is 19.3 Å². The van der Waals surface area contributed by atoms with Crippen molar-refractivity contribution in [2.24, 2.45) is 5.92 Å². The van der Waals surface area contributed by atoms with Crippen molar-refractivity contribution in [3.05, 3.63) is 0 Å². The Kier molecular flexibility index (Phi) is 2.93. The number of rotatable bonds is 4. The van der Waals surface area contributed by atoms with Crippen LogP contribution < -0.4 is 4.72 Å². The van der Waals surface area contributed by atoms with E-state index in [0.29, 0.717) is 19.4 Å². The number of nitrogens with one attached hydrogen (secondary N) is 1. The molecule has 7 heteroatoms. The largest absolute Gasteiger partial charge is 0.481 e. The van der Waals surface area contributed by atoms with E-state index in [2.05, 4.69) is 4.72 Å². The summed E-state index contributed by atoms with van der Waals surface area (Å²) >= 11 is 0. The third-order valence-corrected chi connectivity index (χ3v) is 5.17. The van der Waals surface area contributed by atoms with E-state index in [4.69, 9.17) is 5.11 Å². The SMILES string of the molecule is CCNS(=O)(=O)N1C2CCC1C(C(=O)O)C2. The summed E-state index contributed by atoms with van der Waals surface area (Å²) in [6.07, 6.45) is 1.88. The number of fused-ring (bicyclic) bond motifs is 2. The number of carboxylic acids is 1. The monoisotopic (exact) mass is 248 g/mol. The Balaban J connectivity index is 2.23. The van der Waals surface area contributed by atoms with Gasteiger partial charge in [-0.3, -0.25) is 4.79 Å². The maximum Gasteiger partial charge on any atom is 0.308 e. The molecule has 16 heavy (non-hydrogen) atoms. The summed E-state index contributed by atoms with van der Waals surface area (Å²) in [6.45, 7) is 2.04. The summed E-state index contributed by atoms with van der Waals surface area (Å²) in [4.78, 5) is 11.0. The molecular weight excluding hydrogens is 232 g/mol. The molecule has 0 radical (unpaired) electrons. The van der Waals surface area contributed by atoms with Crippen LogP contribution in [0.2, 0.25) is 0 Å². The topological polar surface area (TPSA) is 86.7 Å². The van der Waals surface area contributed by atoms with E-state index in [9.17, 15) is 13.2 Å². The summed E-state index contributed by atoms with van der Waals surface area (Å²) < 4.78 is 27.6. The molecule has 0 aliphatic carbocycles. The van der Waals surface area contributed by atoms with Crippen LogP contribution >= 0.6 is 0 Å². The summed E-state index contributed by atoms with van der Waals surface area (Å²) in [7, 11) is -3.49. The predicted molar refractivity (Wildman–Crippen MR) is 57.0 cm³/mol. The minimum Gasteiger partial charge on any atom is -0.481 e. The zero-order chi connectivity index (χ0) is 11.9. The minimum atomic E-state index is -3.49. The number of carbonyl (C=O) groups is 1. The Morgan fingerprint density at radius 3 is 2.69 bits per heavy atom. The van der Waals surface area contributed by atoms with E-state index in [-0.39, 0.29) is 12.1 Å². The summed E-state index contributed by atoms with van der Waals surface area (Å²) in [5, 5.41) is 9.01. The van der Waals surface area contributed by atoms with Gasteiger partial charge >= 0.3 is 5.97 Å². The first-order chi connectivity index (χ1) is 7.47. The van der Waals surface area contributed by atoms with Crippen molar-refractivity contribution in [2.75, 3.05) is 6.54 Å². The summed E-state index contributed by atoms with van der Waals surface area (Å²) in [5.74, 6) is -1.42. The van der Waals surface area contributed by atoms with Crippen molar-refractivity contribution in [2.45, 2.75) is 38.3 Å². The van der Waals surface area contributed by atoms with E-state index in [0.717, 1.165) is 6.42 Å². The van der Waals surface area contributed by atoms with Gasteiger partial charge in [-0.2, -0.15) is 12.7 Å². The Labute approximate surface area is 94.8 Å².